The number of amides is 1. The van der Waals surface area contributed by atoms with E-state index >= 15 is 0 Å². The van der Waals surface area contributed by atoms with Crippen molar-refractivity contribution in [2.75, 3.05) is 60.5 Å². The number of nitrogens with zero attached hydrogens (tertiary/aromatic N) is 4. The monoisotopic (exact) mass is 506 g/mol. The summed E-state index contributed by atoms with van der Waals surface area (Å²) in [5.74, 6) is 0.666. The lowest BCUT2D eigenvalue weighted by Gasteiger charge is -2.34. The number of rotatable bonds is 10. The first kappa shape index (κ1) is 26.9. The Bertz CT molecular complexity index is 1240. The van der Waals surface area contributed by atoms with Crippen LogP contribution in [0, 0.1) is 12.7 Å². The minimum Gasteiger partial charge on any atom is -0.497 e. The van der Waals surface area contributed by atoms with E-state index in [9.17, 15) is 9.18 Å². The molecule has 0 N–H and O–H groups in total. The van der Waals surface area contributed by atoms with Crippen molar-refractivity contribution in [1.82, 2.24) is 19.3 Å². The number of piperazine rings is 1. The first-order valence-corrected chi connectivity index (χ1v) is 13.1. The van der Waals surface area contributed by atoms with Crippen molar-refractivity contribution in [3.05, 3.63) is 71.2 Å². The predicted octanol–water partition coefficient (Wildman–Crippen LogP) is 4.45. The molecule has 0 spiro atoms. The summed E-state index contributed by atoms with van der Waals surface area (Å²) < 4.78 is 21.3. The van der Waals surface area contributed by atoms with Gasteiger partial charge in [0.25, 0.3) is 0 Å². The van der Waals surface area contributed by atoms with Crippen molar-refractivity contribution in [1.29, 1.82) is 0 Å². The molecule has 0 aliphatic carbocycles. The lowest BCUT2D eigenvalue weighted by atomic mass is 10.1. The molecule has 6 nitrogen and oxygen atoms in total. The highest BCUT2D eigenvalue weighted by Crippen LogP contribution is 2.30. The Kier molecular flexibility index (Phi) is 9.00. The highest BCUT2D eigenvalue weighted by atomic mass is 19.1. The molecule has 2 aromatic carbocycles. The molecule has 1 aliphatic rings. The topological polar surface area (TPSA) is 41.0 Å². The third-order valence-electron chi connectivity index (χ3n) is 7.25. The van der Waals surface area contributed by atoms with Crippen LogP contribution in [0.4, 0.5) is 4.39 Å². The van der Waals surface area contributed by atoms with E-state index in [0.717, 1.165) is 79.0 Å². The van der Waals surface area contributed by atoms with Gasteiger partial charge in [0.1, 0.15) is 11.6 Å². The van der Waals surface area contributed by atoms with E-state index in [-0.39, 0.29) is 11.7 Å². The quantitative estimate of drug-likeness (QED) is 0.381. The van der Waals surface area contributed by atoms with Gasteiger partial charge >= 0.3 is 0 Å². The van der Waals surface area contributed by atoms with E-state index in [1.165, 1.54) is 6.07 Å². The summed E-state index contributed by atoms with van der Waals surface area (Å²) in [6, 6.07) is 13.0. The van der Waals surface area contributed by atoms with Crippen LogP contribution in [0.5, 0.6) is 5.75 Å². The molecule has 0 radical (unpaired) electrons. The molecule has 4 rings (SSSR count). The second-order valence-corrected chi connectivity index (χ2v) is 10.1. The van der Waals surface area contributed by atoms with Crippen LogP contribution < -0.4 is 4.74 Å². The maximum Gasteiger partial charge on any atom is 0.246 e. The van der Waals surface area contributed by atoms with E-state index < -0.39 is 0 Å². The van der Waals surface area contributed by atoms with Crippen molar-refractivity contribution >= 4 is 22.9 Å². The van der Waals surface area contributed by atoms with Gasteiger partial charge in [-0.3, -0.25) is 9.69 Å². The fourth-order valence-electron chi connectivity index (χ4n) is 5.09. The summed E-state index contributed by atoms with van der Waals surface area (Å²) >= 11 is 0. The zero-order valence-corrected chi connectivity index (χ0v) is 22.5. The number of fused-ring (bicyclic) bond motifs is 1. The fraction of sp³-hybridized carbons (Fsp3) is 0.433. The van der Waals surface area contributed by atoms with Crippen LogP contribution >= 0.6 is 0 Å². The number of benzene rings is 2. The van der Waals surface area contributed by atoms with Gasteiger partial charge in [0, 0.05) is 67.5 Å². The van der Waals surface area contributed by atoms with Crippen LogP contribution in [0.15, 0.2) is 48.5 Å². The Balaban J connectivity index is 1.40. The first-order valence-electron chi connectivity index (χ1n) is 13.1. The second kappa shape index (κ2) is 12.4. The predicted molar refractivity (Wildman–Crippen MR) is 149 cm³/mol. The molecule has 1 amide bonds. The summed E-state index contributed by atoms with van der Waals surface area (Å²) in [4.78, 5) is 19.5. The fourth-order valence-corrected chi connectivity index (χ4v) is 5.09. The van der Waals surface area contributed by atoms with Crippen molar-refractivity contribution < 1.29 is 13.9 Å². The van der Waals surface area contributed by atoms with E-state index in [1.54, 1.807) is 25.3 Å². The van der Waals surface area contributed by atoms with Gasteiger partial charge in [-0.25, -0.2) is 4.39 Å². The Morgan fingerprint density at radius 3 is 2.57 bits per heavy atom. The van der Waals surface area contributed by atoms with E-state index in [2.05, 4.69) is 47.5 Å². The molecule has 1 aliphatic heterocycles. The zero-order chi connectivity index (χ0) is 26.4. The summed E-state index contributed by atoms with van der Waals surface area (Å²) in [6.07, 6.45) is 5.55. The molecule has 0 atom stereocenters. The average molecular weight is 507 g/mol. The van der Waals surface area contributed by atoms with Gasteiger partial charge in [0.05, 0.1) is 7.11 Å². The number of aromatic nitrogens is 1. The zero-order valence-electron chi connectivity index (χ0n) is 22.5. The molecule has 37 heavy (non-hydrogen) atoms. The standard InChI is InChI=1S/C30H39FN4O2/c1-23-27(28-22-26(37-4)9-11-29(28)35(23)15-6-14-32(2)3)10-12-30(36)34-19-17-33(18-20-34)16-13-24-7-5-8-25(31)21-24/h5,7-12,21-22H,6,13-20H2,1-4H3/b12-10+. The number of carbonyl (C=O) groups excluding carboxylic acids is 1. The molecule has 0 bridgehead atoms. The van der Waals surface area contributed by atoms with Crippen LogP contribution in [0.3, 0.4) is 0 Å². The molecule has 3 aromatic rings. The average Bonchev–Trinajstić information content (AvgIpc) is 3.15. The van der Waals surface area contributed by atoms with Crippen LogP contribution in [-0.2, 0) is 17.8 Å². The molecule has 0 unspecified atom stereocenters. The lowest BCUT2D eigenvalue weighted by Crippen LogP contribution is -2.48. The number of aryl methyl sites for hydroxylation is 1. The van der Waals surface area contributed by atoms with Gasteiger partial charge in [-0.05, 0) is 82.4 Å². The molecule has 7 heteroatoms. The smallest absolute Gasteiger partial charge is 0.246 e. The second-order valence-electron chi connectivity index (χ2n) is 10.1. The van der Waals surface area contributed by atoms with Gasteiger partial charge in [0.15, 0.2) is 0 Å². The molecule has 1 fully saturated rings. The molecule has 1 saturated heterocycles. The molecule has 1 aromatic heterocycles. The Hall–Kier alpha value is -3.16. The van der Waals surface area contributed by atoms with Crippen LogP contribution in [0.25, 0.3) is 17.0 Å². The molecular formula is C30H39FN4O2. The lowest BCUT2D eigenvalue weighted by molar-refractivity contribution is -0.127. The van der Waals surface area contributed by atoms with Crippen molar-refractivity contribution in [3.8, 4) is 5.75 Å². The number of halogens is 1. The summed E-state index contributed by atoms with van der Waals surface area (Å²) in [6.45, 7) is 8.00. The largest absolute Gasteiger partial charge is 0.497 e. The van der Waals surface area contributed by atoms with Crippen molar-refractivity contribution in [2.24, 2.45) is 0 Å². The van der Waals surface area contributed by atoms with Gasteiger partial charge in [-0.15, -0.1) is 0 Å². The number of hydrogen-bond acceptors (Lipinski definition) is 4. The highest BCUT2D eigenvalue weighted by molar-refractivity contribution is 5.98. The Labute approximate surface area is 219 Å². The number of carbonyl (C=O) groups is 1. The van der Waals surface area contributed by atoms with E-state index in [0.29, 0.717) is 13.1 Å². The van der Waals surface area contributed by atoms with E-state index in [4.69, 9.17) is 4.74 Å². The van der Waals surface area contributed by atoms with Gasteiger partial charge in [-0.1, -0.05) is 12.1 Å². The minimum absolute atomic E-state index is 0.0422. The maximum absolute atomic E-state index is 13.4. The first-order chi connectivity index (χ1) is 17.9. The summed E-state index contributed by atoms with van der Waals surface area (Å²) in [5.41, 5.74) is 4.40. The van der Waals surface area contributed by atoms with Gasteiger partial charge in [0.2, 0.25) is 5.91 Å². The maximum atomic E-state index is 13.4. The SMILES string of the molecule is COc1ccc2c(c1)c(/C=C/C(=O)N1CCN(CCc3cccc(F)c3)CC1)c(C)n2CCCN(C)C. The van der Waals surface area contributed by atoms with Gasteiger partial charge in [-0.2, -0.15) is 0 Å². The molecular weight excluding hydrogens is 467 g/mol. The van der Waals surface area contributed by atoms with Crippen LogP contribution in [0.1, 0.15) is 23.2 Å². The van der Waals surface area contributed by atoms with Crippen LogP contribution in [0.2, 0.25) is 0 Å². The summed E-state index contributed by atoms with van der Waals surface area (Å²) in [5, 5.41) is 1.10. The molecule has 198 valence electrons. The molecule has 2 heterocycles. The van der Waals surface area contributed by atoms with Crippen molar-refractivity contribution in [3.63, 3.8) is 0 Å². The third-order valence-corrected chi connectivity index (χ3v) is 7.25. The van der Waals surface area contributed by atoms with Crippen molar-refractivity contribution in [2.45, 2.75) is 26.3 Å². The number of methoxy groups -OCH3 is 1. The Morgan fingerprint density at radius 2 is 1.86 bits per heavy atom. The summed E-state index contributed by atoms with van der Waals surface area (Å²) in [7, 11) is 5.86. The van der Waals surface area contributed by atoms with Gasteiger partial charge < -0.3 is 19.1 Å². The number of ether oxygens (including phenoxy) is 1. The Morgan fingerprint density at radius 1 is 1.08 bits per heavy atom. The third kappa shape index (κ3) is 6.79. The molecule has 0 saturated carbocycles. The van der Waals surface area contributed by atoms with Crippen LogP contribution in [-0.4, -0.2) is 85.6 Å². The highest BCUT2D eigenvalue weighted by Gasteiger charge is 2.20. The normalized spacial score (nSPS) is 14.8. The number of hydrogen-bond donors (Lipinski definition) is 0. The van der Waals surface area contributed by atoms with E-state index in [1.807, 2.05) is 23.1 Å². The minimum atomic E-state index is -0.190.